The molecule has 2 aromatic carbocycles. The number of nitrogens with zero attached hydrogens (tertiary/aromatic N) is 2. The zero-order valence-electron chi connectivity index (χ0n) is 30.1. The first-order valence-electron chi connectivity index (χ1n) is 18.3. The molecule has 3 amide bonds. The summed E-state index contributed by atoms with van der Waals surface area (Å²) >= 11 is 0. The number of fused-ring (bicyclic) bond motifs is 3. The fourth-order valence-electron chi connectivity index (χ4n) is 8.84. The SMILES string of the molecule is COC(=O)CCCCN1C(=O)[C@@]2(O[C@@H](CC(=O)N3Cc4ccccc4C[C@H]3CO)[C@H]([Si](C)(C)F)[C@H]2C)c2cc(NC(=O)C3CCCNC3)ccc21. The number of aliphatic hydroxyl groups excluding tert-OH is 1. The maximum atomic E-state index is 16.5. The van der Waals surface area contributed by atoms with Crippen molar-refractivity contribution in [3.8, 4) is 0 Å². The minimum absolute atomic E-state index is 0.110. The first kappa shape index (κ1) is 37.1. The average Bonchev–Trinajstić information content (AvgIpc) is 3.55. The molecule has 6 rings (SSSR count). The lowest BCUT2D eigenvalue weighted by molar-refractivity contribution is -0.151. The van der Waals surface area contributed by atoms with E-state index in [1.807, 2.05) is 31.2 Å². The second-order valence-electron chi connectivity index (χ2n) is 15.1. The van der Waals surface area contributed by atoms with Crippen LogP contribution in [-0.2, 0) is 47.2 Å². The summed E-state index contributed by atoms with van der Waals surface area (Å²) in [5.41, 5.74) is 1.49. The number of unbranched alkanes of at least 4 members (excludes halogenated alkanes) is 1. The Morgan fingerprint density at radius 3 is 2.61 bits per heavy atom. The van der Waals surface area contributed by atoms with Crippen molar-refractivity contribution in [2.45, 2.75) is 94.8 Å². The second-order valence-corrected chi connectivity index (χ2v) is 18.9. The van der Waals surface area contributed by atoms with Crippen LogP contribution in [0.25, 0.3) is 0 Å². The van der Waals surface area contributed by atoms with Crippen molar-refractivity contribution >= 4 is 43.5 Å². The highest BCUT2D eigenvalue weighted by atomic mass is 28.4. The van der Waals surface area contributed by atoms with Crippen LogP contribution in [0.1, 0.15) is 62.1 Å². The molecule has 0 aliphatic carbocycles. The average molecular weight is 723 g/mol. The molecule has 1 spiro atoms. The largest absolute Gasteiger partial charge is 0.469 e. The molecule has 0 radical (unpaired) electrons. The maximum absolute atomic E-state index is 16.5. The lowest BCUT2D eigenvalue weighted by Gasteiger charge is -2.37. The number of hydrogen-bond donors (Lipinski definition) is 3. The fraction of sp³-hybridized carbons (Fsp3) is 0.579. The Bertz CT molecular complexity index is 1650. The molecule has 0 saturated carbocycles. The number of rotatable bonds is 11. The lowest BCUT2D eigenvalue weighted by Crippen LogP contribution is -2.48. The number of aliphatic hydroxyl groups is 1. The second kappa shape index (κ2) is 15.1. The van der Waals surface area contributed by atoms with Crippen molar-refractivity contribution in [2.75, 3.05) is 43.6 Å². The molecule has 4 aliphatic rings. The first-order valence-corrected chi connectivity index (χ1v) is 21.2. The molecule has 2 fully saturated rings. The predicted molar refractivity (Wildman–Crippen MR) is 193 cm³/mol. The Kier molecular flexibility index (Phi) is 11.0. The standard InChI is InChI=1S/C38H51FN4O7Si/c1-24-35(51(3,4)39)32(20-33(45)43-22-27-11-6-5-10-25(27)18-29(43)23-44)50-38(24)30-19-28(41-36(47)26-12-9-16-40-21-26)14-15-31(30)42(37(38)48)17-8-7-13-34(46)49-2/h5-6,10-11,14-15,19,24,26,29,32,35,40,44H,7-9,12-13,16-18,20-23H2,1-4H3,(H,41,47)/t24-,26?,29+,32+,35-,38+/m1/s1. The summed E-state index contributed by atoms with van der Waals surface area (Å²) < 4.78 is 28.2. The number of carbonyl (C=O) groups excluding carboxylic acids is 4. The van der Waals surface area contributed by atoms with Crippen molar-refractivity contribution in [3.63, 3.8) is 0 Å². The Labute approximate surface area is 300 Å². The molecule has 11 nitrogen and oxygen atoms in total. The smallest absolute Gasteiger partial charge is 0.305 e. The minimum Gasteiger partial charge on any atom is -0.469 e. The van der Waals surface area contributed by atoms with E-state index in [2.05, 4.69) is 10.6 Å². The van der Waals surface area contributed by atoms with E-state index >= 15 is 4.11 Å². The molecule has 276 valence electrons. The zero-order chi connectivity index (χ0) is 36.5. The number of methoxy groups -OCH3 is 1. The maximum Gasteiger partial charge on any atom is 0.305 e. The fourth-order valence-corrected chi connectivity index (χ4v) is 11.3. The highest BCUT2D eigenvalue weighted by Crippen LogP contribution is 2.60. The van der Waals surface area contributed by atoms with Crippen molar-refractivity contribution in [3.05, 3.63) is 59.2 Å². The van der Waals surface area contributed by atoms with Crippen LogP contribution in [-0.4, -0.2) is 87.6 Å². The van der Waals surface area contributed by atoms with Crippen LogP contribution in [0.2, 0.25) is 18.6 Å². The van der Waals surface area contributed by atoms with Gasteiger partial charge in [0.05, 0.1) is 43.9 Å². The summed E-state index contributed by atoms with van der Waals surface area (Å²) in [6.45, 7) is 6.93. The third-order valence-electron chi connectivity index (χ3n) is 11.4. The molecule has 2 saturated heterocycles. The van der Waals surface area contributed by atoms with E-state index in [1.165, 1.54) is 7.11 Å². The van der Waals surface area contributed by atoms with Crippen LogP contribution in [0.4, 0.5) is 15.5 Å². The van der Waals surface area contributed by atoms with Gasteiger partial charge in [-0.15, -0.1) is 0 Å². The van der Waals surface area contributed by atoms with E-state index in [0.717, 1.165) is 30.5 Å². The van der Waals surface area contributed by atoms with Gasteiger partial charge in [0.25, 0.3) is 5.91 Å². The van der Waals surface area contributed by atoms with Gasteiger partial charge in [-0.2, -0.15) is 0 Å². The van der Waals surface area contributed by atoms with Gasteiger partial charge in [-0.25, -0.2) is 0 Å². The minimum atomic E-state index is -3.57. The topological polar surface area (TPSA) is 138 Å². The van der Waals surface area contributed by atoms with E-state index in [4.69, 9.17) is 9.47 Å². The molecule has 4 aliphatic heterocycles. The number of benzene rings is 2. The van der Waals surface area contributed by atoms with Crippen molar-refractivity contribution in [1.82, 2.24) is 10.2 Å². The van der Waals surface area contributed by atoms with E-state index in [0.29, 0.717) is 55.8 Å². The van der Waals surface area contributed by atoms with Gasteiger partial charge in [0.2, 0.25) is 20.2 Å². The van der Waals surface area contributed by atoms with E-state index in [-0.39, 0.29) is 49.1 Å². The summed E-state index contributed by atoms with van der Waals surface area (Å²) in [6.07, 6.45) is 2.41. The number of piperidine rings is 1. The van der Waals surface area contributed by atoms with Gasteiger partial charge in [-0.1, -0.05) is 31.2 Å². The van der Waals surface area contributed by atoms with E-state index < -0.39 is 37.6 Å². The number of carbonyl (C=O) groups is 4. The van der Waals surface area contributed by atoms with Gasteiger partial charge < -0.3 is 39.1 Å². The van der Waals surface area contributed by atoms with Crippen LogP contribution in [0.5, 0.6) is 0 Å². The van der Waals surface area contributed by atoms with Crippen LogP contribution in [0.3, 0.4) is 0 Å². The number of hydrogen-bond acceptors (Lipinski definition) is 8. The lowest BCUT2D eigenvalue weighted by atomic mass is 9.82. The third-order valence-corrected chi connectivity index (χ3v) is 13.9. The Hall–Kier alpha value is -3.65. The number of anilines is 2. The van der Waals surface area contributed by atoms with E-state index in [9.17, 15) is 24.3 Å². The van der Waals surface area contributed by atoms with Gasteiger partial charge in [0.15, 0.2) is 5.60 Å². The normalized spacial score (nSPS) is 27.3. The summed E-state index contributed by atoms with van der Waals surface area (Å²) in [5, 5.41) is 16.6. The predicted octanol–water partition coefficient (Wildman–Crippen LogP) is 4.43. The molecule has 51 heavy (non-hydrogen) atoms. The van der Waals surface area contributed by atoms with Crippen LogP contribution < -0.4 is 15.5 Å². The van der Waals surface area contributed by atoms with Gasteiger partial charge in [0, 0.05) is 48.8 Å². The molecule has 1 unspecified atom stereocenters. The highest BCUT2D eigenvalue weighted by Gasteiger charge is 2.67. The molecule has 3 N–H and O–H groups in total. The summed E-state index contributed by atoms with van der Waals surface area (Å²) in [5.74, 6) is -1.83. The van der Waals surface area contributed by atoms with Gasteiger partial charge >= 0.3 is 5.97 Å². The number of halogens is 1. The molecule has 0 bridgehead atoms. The number of esters is 1. The molecule has 13 heteroatoms. The van der Waals surface area contributed by atoms with Gasteiger partial charge in [-0.3, -0.25) is 19.2 Å². The van der Waals surface area contributed by atoms with Crippen LogP contribution in [0.15, 0.2) is 42.5 Å². The van der Waals surface area contributed by atoms with Crippen molar-refractivity contribution in [2.24, 2.45) is 11.8 Å². The molecule has 6 atom stereocenters. The van der Waals surface area contributed by atoms with Gasteiger partial charge in [0.1, 0.15) is 0 Å². The number of ether oxygens (including phenoxy) is 2. The third kappa shape index (κ3) is 7.22. The highest BCUT2D eigenvalue weighted by molar-refractivity contribution is 6.72. The Morgan fingerprint density at radius 2 is 1.92 bits per heavy atom. The number of nitrogens with one attached hydrogen (secondary N) is 2. The summed E-state index contributed by atoms with van der Waals surface area (Å²) in [4.78, 5) is 57.3. The molecule has 4 heterocycles. The molecular formula is C38H51FN4O7Si. The zero-order valence-corrected chi connectivity index (χ0v) is 31.1. The Morgan fingerprint density at radius 1 is 1.16 bits per heavy atom. The van der Waals surface area contributed by atoms with Gasteiger partial charge in [-0.05, 0) is 81.1 Å². The molecule has 0 aromatic heterocycles. The summed E-state index contributed by atoms with van der Waals surface area (Å²) in [7, 11) is -2.23. The van der Waals surface area contributed by atoms with Crippen molar-refractivity contribution in [1.29, 1.82) is 0 Å². The quantitative estimate of drug-likeness (QED) is 0.134. The first-order chi connectivity index (χ1) is 24.4. The van der Waals surface area contributed by atoms with Crippen molar-refractivity contribution < 1.29 is 37.9 Å². The monoisotopic (exact) mass is 722 g/mol. The molecular weight excluding hydrogens is 672 g/mol. The number of amides is 3. The van der Waals surface area contributed by atoms with Crippen LogP contribution >= 0.6 is 0 Å². The Balaban J connectivity index is 1.32. The van der Waals surface area contributed by atoms with E-state index in [1.54, 1.807) is 41.1 Å². The van der Waals surface area contributed by atoms with Crippen LogP contribution in [0, 0.1) is 11.8 Å². The summed E-state index contributed by atoms with van der Waals surface area (Å²) in [6, 6.07) is 12.8. The molecule has 2 aromatic rings.